The summed E-state index contributed by atoms with van der Waals surface area (Å²) in [4.78, 5) is 0. The van der Waals surface area contributed by atoms with E-state index in [9.17, 15) is 12.8 Å². The van der Waals surface area contributed by atoms with Gasteiger partial charge in [-0.25, -0.2) is 12.8 Å². The Bertz CT molecular complexity index is 457. The van der Waals surface area contributed by atoms with E-state index in [4.69, 9.17) is 0 Å². The molecule has 0 unspecified atom stereocenters. The van der Waals surface area contributed by atoms with Crippen molar-refractivity contribution in [2.24, 2.45) is 0 Å². The summed E-state index contributed by atoms with van der Waals surface area (Å²) in [5, 5.41) is 0. The van der Waals surface area contributed by atoms with Crippen LogP contribution in [0.1, 0.15) is 25.3 Å². The van der Waals surface area contributed by atoms with Gasteiger partial charge in [0.05, 0.1) is 11.4 Å². The first-order chi connectivity index (χ1) is 7.44. The van der Waals surface area contributed by atoms with E-state index in [0.29, 0.717) is 12.0 Å². The van der Waals surface area contributed by atoms with Crippen LogP contribution in [-0.2, 0) is 10.0 Å². The third kappa shape index (κ3) is 3.81. The van der Waals surface area contributed by atoms with Crippen molar-refractivity contribution in [2.75, 3.05) is 10.5 Å². The Morgan fingerprint density at radius 1 is 1.38 bits per heavy atom. The highest BCUT2D eigenvalue weighted by Crippen LogP contribution is 2.15. The fraction of sp³-hybridized carbons (Fsp3) is 0.455. The molecule has 90 valence electrons. The van der Waals surface area contributed by atoms with E-state index in [2.05, 4.69) is 4.72 Å². The monoisotopic (exact) mass is 245 g/mol. The van der Waals surface area contributed by atoms with Crippen molar-refractivity contribution in [3.05, 3.63) is 29.6 Å². The van der Waals surface area contributed by atoms with E-state index < -0.39 is 15.8 Å². The van der Waals surface area contributed by atoms with Gasteiger partial charge in [-0.15, -0.1) is 0 Å². The number of sulfonamides is 1. The molecule has 1 aromatic carbocycles. The molecule has 0 amide bonds. The highest BCUT2D eigenvalue weighted by atomic mass is 32.2. The highest BCUT2D eigenvalue weighted by Gasteiger charge is 2.10. The van der Waals surface area contributed by atoms with E-state index in [-0.39, 0.29) is 11.4 Å². The largest absolute Gasteiger partial charge is 0.283 e. The molecule has 0 atom stereocenters. The fourth-order valence-electron chi connectivity index (χ4n) is 1.22. The summed E-state index contributed by atoms with van der Waals surface area (Å²) in [7, 11) is -3.34. The van der Waals surface area contributed by atoms with Crippen LogP contribution < -0.4 is 4.72 Å². The third-order valence-electron chi connectivity index (χ3n) is 2.21. The number of rotatable bonds is 5. The van der Waals surface area contributed by atoms with Gasteiger partial charge in [0.15, 0.2) is 0 Å². The van der Waals surface area contributed by atoms with Crippen LogP contribution in [0.2, 0.25) is 0 Å². The van der Waals surface area contributed by atoms with Gasteiger partial charge in [-0.05, 0) is 31.0 Å². The number of nitrogens with one attached hydrogen (secondary N) is 1. The molecule has 0 aliphatic rings. The topological polar surface area (TPSA) is 46.2 Å². The van der Waals surface area contributed by atoms with Gasteiger partial charge in [-0.3, -0.25) is 4.72 Å². The van der Waals surface area contributed by atoms with Gasteiger partial charge in [-0.2, -0.15) is 0 Å². The van der Waals surface area contributed by atoms with Gasteiger partial charge in [0.1, 0.15) is 5.82 Å². The summed E-state index contributed by atoms with van der Waals surface area (Å²) in [6, 6.07) is 4.30. The number of aryl methyl sites for hydroxylation is 1. The Balaban J connectivity index is 2.76. The molecule has 1 aromatic rings. The lowest BCUT2D eigenvalue weighted by molar-refractivity contribution is 0.597. The SMILES string of the molecule is CCCCS(=O)(=O)Nc1ccc(C)c(F)c1. The van der Waals surface area contributed by atoms with Crippen LogP contribution in [0.15, 0.2) is 18.2 Å². The molecule has 3 nitrogen and oxygen atoms in total. The minimum atomic E-state index is -3.34. The molecular formula is C11H16FNO2S. The number of hydrogen-bond donors (Lipinski definition) is 1. The van der Waals surface area contributed by atoms with Gasteiger partial charge in [0, 0.05) is 0 Å². The summed E-state index contributed by atoms with van der Waals surface area (Å²) in [5.41, 5.74) is 0.774. The van der Waals surface area contributed by atoms with Crippen LogP contribution >= 0.6 is 0 Å². The predicted octanol–water partition coefficient (Wildman–Crippen LogP) is 2.68. The standard InChI is InChI=1S/C11H16FNO2S/c1-3-4-7-16(14,15)13-10-6-5-9(2)11(12)8-10/h5-6,8,13H,3-4,7H2,1-2H3. The maximum Gasteiger partial charge on any atom is 0.232 e. The zero-order valence-electron chi connectivity index (χ0n) is 9.46. The van der Waals surface area contributed by atoms with Gasteiger partial charge in [-0.1, -0.05) is 19.4 Å². The van der Waals surface area contributed by atoms with Crippen LogP contribution in [0.3, 0.4) is 0 Å². The average molecular weight is 245 g/mol. The molecule has 0 radical (unpaired) electrons. The summed E-state index contributed by atoms with van der Waals surface area (Å²) in [6.45, 7) is 3.55. The Morgan fingerprint density at radius 2 is 2.06 bits per heavy atom. The number of unbranched alkanes of at least 4 members (excludes halogenated alkanes) is 1. The lowest BCUT2D eigenvalue weighted by Crippen LogP contribution is -2.16. The fourth-order valence-corrected chi connectivity index (χ4v) is 2.48. The van der Waals surface area contributed by atoms with Gasteiger partial charge < -0.3 is 0 Å². The number of hydrogen-bond acceptors (Lipinski definition) is 2. The van der Waals surface area contributed by atoms with Crippen molar-refractivity contribution in [1.82, 2.24) is 0 Å². The first-order valence-corrected chi connectivity index (χ1v) is 6.86. The Kier molecular flexibility index (Phi) is 4.29. The molecule has 1 rings (SSSR count). The number of halogens is 1. The summed E-state index contributed by atoms with van der Waals surface area (Å²) in [6.07, 6.45) is 1.41. The maximum absolute atomic E-state index is 13.2. The van der Waals surface area contributed by atoms with Gasteiger partial charge in [0.2, 0.25) is 10.0 Å². The molecule has 0 saturated heterocycles. The van der Waals surface area contributed by atoms with E-state index in [1.807, 2.05) is 6.92 Å². The van der Waals surface area contributed by atoms with Crippen molar-refractivity contribution in [2.45, 2.75) is 26.7 Å². The van der Waals surface area contributed by atoms with Crippen molar-refractivity contribution < 1.29 is 12.8 Å². The molecular weight excluding hydrogens is 229 g/mol. The van der Waals surface area contributed by atoms with Crippen molar-refractivity contribution in [3.8, 4) is 0 Å². The van der Waals surface area contributed by atoms with Crippen molar-refractivity contribution in [3.63, 3.8) is 0 Å². The second-order valence-electron chi connectivity index (χ2n) is 3.74. The molecule has 0 saturated carbocycles. The third-order valence-corrected chi connectivity index (χ3v) is 3.58. The normalized spacial score (nSPS) is 11.4. The first-order valence-electron chi connectivity index (χ1n) is 5.21. The zero-order valence-corrected chi connectivity index (χ0v) is 10.3. The second kappa shape index (κ2) is 5.30. The van der Waals surface area contributed by atoms with Crippen molar-refractivity contribution >= 4 is 15.7 Å². The smallest absolute Gasteiger partial charge is 0.232 e. The minimum Gasteiger partial charge on any atom is -0.283 e. The van der Waals surface area contributed by atoms with Crippen molar-refractivity contribution in [1.29, 1.82) is 0 Å². The van der Waals surface area contributed by atoms with Gasteiger partial charge in [0.25, 0.3) is 0 Å². The van der Waals surface area contributed by atoms with Crippen LogP contribution in [0.25, 0.3) is 0 Å². The molecule has 1 N–H and O–H groups in total. The second-order valence-corrected chi connectivity index (χ2v) is 5.58. The van der Waals surface area contributed by atoms with Gasteiger partial charge >= 0.3 is 0 Å². The average Bonchev–Trinajstić information content (AvgIpc) is 2.20. The van der Waals surface area contributed by atoms with E-state index in [1.165, 1.54) is 6.07 Å². The number of benzene rings is 1. The highest BCUT2D eigenvalue weighted by molar-refractivity contribution is 7.92. The molecule has 5 heteroatoms. The molecule has 0 fully saturated rings. The van der Waals surface area contributed by atoms with E-state index >= 15 is 0 Å². The summed E-state index contributed by atoms with van der Waals surface area (Å²) >= 11 is 0. The Labute approximate surface area is 95.7 Å². The lowest BCUT2D eigenvalue weighted by atomic mass is 10.2. The molecule has 0 aromatic heterocycles. The zero-order chi connectivity index (χ0) is 12.2. The van der Waals surface area contributed by atoms with Crippen LogP contribution in [0.5, 0.6) is 0 Å². The van der Waals surface area contributed by atoms with E-state index in [1.54, 1.807) is 19.1 Å². The quantitative estimate of drug-likeness (QED) is 0.867. The van der Waals surface area contributed by atoms with Crippen LogP contribution in [0, 0.1) is 12.7 Å². The molecule has 0 spiro atoms. The van der Waals surface area contributed by atoms with Crippen LogP contribution in [0.4, 0.5) is 10.1 Å². The summed E-state index contributed by atoms with van der Waals surface area (Å²) < 4.78 is 38.6. The maximum atomic E-state index is 13.2. The number of anilines is 1. The molecule has 0 heterocycles. The molecule has 0 bridgehead atoms. The Morgan fingerprint density at radius 3 is 2.62 bits per heavy atom. The summed E-state index contributed by atoms with van der Waals surface area (Å²) in [5.74, 6) is -0.338. The van der Waals surface area contributed by atoms with E-state index in [0.717, 1.165) is 6.42 Å². The molecule has 16 heavy (non-hydrogen) atoms. The molecule has 0 aliphatic carbocycles. The lowest BCUT2D eigenvalue weighted by Gasteiger charge is -2.08. The first kappa shape index (κ1) is 13.0. The van der Waals surface area contributed by atoms with Crippen LogP contribution in [-0.4, -0.2) is 14.2 Å². The predicted molar refractivity (Wildman–Crippen MR) is 63.5 cm³/mol. The minimum absolute atomic E-state index is 0.0684. The Hall–Kier alpha value is -1.10. The molecule has 0 aliphatic heterocycles.